The molecule has 23 heavy (non-hydrogen) atoms. The summed E-state index contributed by atoms with van der Waals surface area (Å²) in [4.78, 5) is 34.3. The highest BCUT2D eigenvalue weighted by atomic mass is 16.5. The van der Waals surface area contributed by atoms with E-state index in [1.807, 2.05) is 0 Å². The van der Waals surface area contributed by atoms with Crippen molar-refractivity contribution in [3.63, 3.8) is 0 Å². The van der Waals surface area contributed by atoms with E-state index in [9.17, 15) is 19.5 Å². The van der Waals surface area contributed by atoms with Gasteiger partial charge in [0.1, 0.15) is 0 Å². The molecule has 0 radical (unpaired) electrons. The van der Waals surface area contributed by atoms with Crippen molar-refractivity contribution in [2.24, 2.45) is 0 Å². The van der Waals surface area contributed by atoms with E-state index in [0.717, 1.165) is 0 Å². The summed E-state index contributed by atoms with van der Waals surface area (Å²) >= 11 is 0. The lowest BCUT2D eigenvalue weighted by Gasteiger charge is -2.13. The Hall–Kier alpha value is -2.41. The van der Waals surface area contributed by atoms with Gasteiger partial charge in [-0.05, 0) is 31.9 Å². The molecule has 1 aromatic carbocycles. The summed E-state index contributed by atoms with van der Waals surface area (Å²) in [6, 6.07) is 4.34. The van der Waals surface area contributed by atoms with Crippen LogP contribution in [-0.4, -0.2) is 41.3 Å². The number of hydrogen-bond donors (Lipinski definition) is 2. The molecule has 7 nitrogen and oxygen atoms in total. The van der Waals surface area contributed by atoms with Crippen LogP contribution in [0.4, 0.5) is 0 Å². The first-order valence-electron chi connectivity index (χ1n) is 7.27. The highest BCUT2D eigenvalue weighted by Gasteiger charge is 2.24. The molecule has 7 heteroatoms. The molecule has 1 atom stereocenters. The number of esters is 2. The summed E-state index contributed by atoms with van der Waals surface area (Å²) in [7, 11) is 0. The number of aliphatic carboxylic acids is 1. The van der Waals surface area contributed by atoms with Crippen molar-refractivity contribution in [3.8, 4) is 0 Å². The van der Waals surface area contributed by atoms with Crippen molar-refractivity contribution in [2.45, 2.75) is 32.8 Å². The van der Waals surface area contributed by atoms with Gasteiger partial charge in [-0.1, -0.05) is 12.1 Å². The van der Waals surface area contributed by atoms with Gasteiger partial charge < -0.3 is 19.7 Å². The summed E-state index contributed by atoms with van der Waals surface area (Å²) in [5, 5.41) is 18.6. The van der Waals surface area contributed by atoms with Gasteiger partial charge in [0.05, 0.1) is 18.8 Å². The van der Waals surface area contributed by atoms with Crippen molar-refractivity contribution in [1.82, 2.24) is 0 Å². The molecule has 0 saturated carbocycles. The Morgan fingerprint density at radius 2 is 1.78 bits per heavy atom. The van der Waals surface area contributed by atoms with E-state index in [1.165, 1.54) is 12.1 Å². The highest BCUT2D eigenvalue weighted by molar-refractivity contribution is 5.93. The number of aliphatic hydroxyl groups is 1. The number of carbonyl (C=O) groups is 3. The lowest BCUT2D eigenvalue weighted by molar-refractivity contribution is -0.147. The van der Waals surface area contributed by atoms with Crippen LogP contribution in [0.25, 0.3) is 0 Å². The zero-order valence-corrected chi connectivity index (χ0v) is 13.1. The van der Waals surface area contributed by atoms with Gasteiger partial charge in [-0.2, -0.15) is 0 Å². The molecule has 2 N–H and O–H groups in total. The number of ether oxygens (including phenoxy) is 2. The Morgan fingerprint density at radius 1 is 1.13 bits per heavy atom. The van der Waals surface area contributed by atoms with E-state index < -0.39 is 18.0 Å². The first-order valence-corrected chi connectivity index (χ1v) is 7.27. The molecule has 0 amide bonds. The van der Waals surface area contributed by atoms with Crippen LogP contribution in [0.1, 0.15) is 47.9 Å². The minimum Gasteiger partial charge on any atom is -0.479 e. The third-order valence-corrected chi connectivity index (χ3v) is 3.06. The number of hydrogen-bond acceptors (Lipinski definition) is 6. The highest BCUT2D eigenvalue weighted by Crippen LogP contribution is 2.22. The van der Waals surface area contributed by atoms with E-state index in [0.29, 0.717) is 12.0 Å². The van der Waals surface area contributed by atoms with Gasteiger partial charge in [0.25, 0.3) is 0 Å². The van der Waals surface area contributed by atoms with Gasteiger partial charge in [0, 0.05) is 12.0 Å². The first-order chi connectivity index (χ1) is 10.9. The Bertz CT molecular complexity index is 580. The summed E-state index contributed by atoms with van der Waals surface area (Å²) in [6.45, 7) is 3.74. The van der Waals surface area contributed by atoms with Gasteiger partial charge in [-0.25, -0.2) is 9.59 Å². The SMILES string of the molecule is CCOC(=O)CCc1ccc(C(O)C(=O)O)c(C(=O)OCC)c1. The molecule has 0 heterocycles. The smallest absolute Gasteiger partial charge is 0.338 e. The standard InChI is InChI=1S/C16H20O7/c1-3-22-13(17)8-6-10-5-7-11(14(18)15(19)20)12(9-10)16(21)23-4-2/h5,7,9,14,18H,3-4,6,8H2,1-2H3,(H,19,20). The molecule has 126 valence electrons. The number of carboxylic acids is 1. The Balaban J connectivity index is 3.04. The van der Waals surface area contributed by atoms with Crippen molar-refractivity contribution >= 4 is 17.9 Å². The maximum Gasteiger partial charge on any atom is 0.338 e. The molecule has 1 aromatic rings. The van der Waals surface area contributed by atoms with Crippen LogP contribution in [0, 0.1) is 0 Å². The Kier molecular flexibility index (Phi) is 7.21. The lowest BCUT2D eigenvalue weighted by Crippen LogP contribution is -2.17. The molecular formula is C16H20O7. The number of carboxylic acid groups (broad SMARTS) is 1. The zero-order valence-electron chi connectivity index (χ0n) is 13.1. The minimum absolute atomic E-state index is 0.0249. The molecule has 0 bridgehead atoms. The lowest BCUT2D eigenvalue weighted by atomic mass is 9.97. The third kappa shape index (κ3) is 5.37. The Labute approximate surface area is 133 Å². The average molecular weight is 324 g/mol. The predicted molar refractivity (Wildman–Crippen MR) is 79.9 cm³/mol. The molecule has 0 aromatic heterocycles. The summed E-state index contributed by atoms with van der Waals surface area (Å²) in [6.07, 6.45) is -1.36. The van der Waals surface area contributed by atoms with Crippen LogP contribution in [-0.2, 0) is 25.5 Å². The van der Waals surface area contributed by atoms with Crippen molar-refractivity contribution in [1.29, 1.82) is 0 Å². The Morgan fingerprint density at radius 3 is 2.35 bits per heavy atom. The fourth-order valence-electron chi connectivity index (χ4n) is 2.00. The fourth-order valence-corrected chi connectivity index (χ4v) is 2.00. The summed E-state index contributed by atoms with van der Waals surface area (Å²) in [5.74, 6) is -2.55. The summed E-state index contributed by atoms with van der Waals surface area (Å²) < 4.78 is 9.71. The number of rotatable bonds is 8. The number of benzene rings is 1. The second-order valence-corrected chi connectivity index (χ2v) is 4.69. The van der Waals surface area contributed by atoms with Crippen LogP contribution in [0.3, 0.4) is 0 Å². The molecule has 0 saturated heterocycles. The zero-order chi connectivity index (χ0) is 17.4. The van der Waals surface area contributed by atoms with Crippen molar-refractivity contribution in [2.75, 3.05) is 13.2 Å². The first kappa shape index (κ1) is 18.6. The largest absolute Gasteiger partial charge is 0.479 e. The van der Waals surface area contributed by atoms with Crippen LogP contribution < -0.4 is 0 Å². The van der Waals surface area contributed by atoms with Crippen LogP contribution in [0.5, 0.6) is 0 Å². The topological polar surface area (TPSA) is 110 Å². The number of aliphatic hydroxyl groups excluding tert-OH is 1. The second-order valence-electron chi connectivity index (χ2n) is 4.69. The molecule has 1 unspecified atom stereocenters. The van der Waals surface area contributed by atoms with Crippen LogP contribution >= 0.6 is 0 Å². The summed E-state index contributed by atoms with van der Waals surface area (Å²) in [5.41, 5.74) is 0.571. The molecular weight excluding hydrogens is 304 g/mol. The predicted octanol–water partition coefficient (Wildman–Crippen LogP) is 1.48. The van der Waals surface area contributed by atoms with Gasteiger partial charge in [-0.3, -0.25) is 4.79 Å². The number of carbonyl (C=O) groups excluding carboxylic acids is 2. The van der Waals surface area contributed by atoms with Crippen molar-refractivity contribution in [3.05, 3.63) is 34.9 Å². The quantitative estimate of drug-likeness (QED) is 0.697. The van der Waals surface area contributed by atoms with E-state index in [2.05, 4.69) is 0 Å². The van der Waals surface area contributed by atoms with Crippen LogP contribution in [0.15, 0.2) is 18.2 Å². The van der Waals surface area contributed by atoms with E-state index in [1.54, 1.807) is 19.9 Å². The van der Waals surface area contributed by atoms with E-state index in [-0.39, 0.29) is 36.7 Å². The fraction of sp³-hybridized carbons (Fsp3) is 0.438. The second kappa shape index (κ2) is 8.89. The minimum atomic E-state index is -1.83. The molecule has 1 rings (SSSR count). The average Bonchev–Trinajstić information content (AvgIpc) is 2.52. The maximum atomic E-state index is 12.0. The van der Waals surface area contributed by atoms with Crippen molar-refractivity contribution < 1.29 is 34.1 Å². The van der Waals surface area contributed by atoms with E-state index >= 15 is 0 Å². The molecule has 0 fully saturated rings. The van der Waals surface area contributed by atoms with Crippen LogP contribution in [0.2, 0.25) is 0 Å². The molecule has 0 aliphatic heterocycles. The third-order valence-electron chi connectivity index (χ3n) is 3.06. The number of aryl methyl sites for hydroxylation is 1. The van der Waals surface area contributed by atoms with Gasteiger partial charge >= 0.3 is 17.9 Å². The molecule has 0 spiro atoms. The maximum absolute atomic E-state index is 12.0. The van der Waals surface area contributed by atoms with Gasteiger partial charge in [-0.15, -0.1) is 0 Å². The van der Waals surface area contributed by atoms with E-state index in [4.69, 9.17) is 14.6 Å². The molecule has 0 aliphatic carbocycles. The van der Waals surface area contributed by atoms with Gasteiger partial charge in [0.15, 0.2) is 6.10 Å². The monoisotopic (exact) mass is 324 g/mol. The van der Waals surface area contributed by atoms with Gasteiger partial charge in [0.2, 0.25) is 0 Å². The molecule has 0 aliphatic rings. The normalized spacial score (nSPS) is 11.6.